The minimum absolute atomic E-state index is 0.0743. The van der Waals surface area contributed by atoms with Gasteiger partial charge in [-0.25, -0.2) is 13.2 Å². The summed E-state index contributed by atoms with van der Waals surface area (Å²) in [5, 5.41) is 16.6. The van der Waals surface area contributed by atoms with Crippen molar-refractivity contribution in [3.05, 3.63) is 65.9 Å². The third-order valence-corrected chi connectivity index (χ3v) is 5.50. The third kappa shape index (κ3) is 2.77. The number of halogens is 3. The van der Waals surface area contributed by atoms with Gasteiger partial charge in [-0.15, -0.1) is 0 Å². The molecule has 6 nitrogen and oxygen atoms in total. The fourth-order valence-electron chi connectivity index (χ4n) is 3.67. The van der Waals surface area contributed by atoms with E-state index in [2.05, 4.69) is 4.98 Å². The zero-order valence-electron chi connectivity index (χ0n) is 15.6. The molecule has 1 aliphatic carbocycles. The Bertz CT molecular complexity index is 1360. The van der Waals surface area contributed by atoms with E-state index in [1.165, 1.54) is 16.9 Å². The van der Waals surface area contributed by atoms with Crippen LogP contribution in [0.4, 0.5) is 13.2 Å². The number of fused-ring (bicyclic) bond motifs is 1. The highest BCUT2D eigenvalue weighted by Crippen LogP contribution is 2.35. The van der Waals surface area contributed by atoms with E-state index >= 15 is 0 Å². The van der Waals surface area contributed by atoms with E-state index in [9.17, 15) is 13.2 Å². The van der Waals surface area contributed by atoms with Crippen LogP contribution in [0.15, 0.2) is 47.3 Å². The predicted molar refractivity (Wildman–Crippen MR) is 103 cm³/mol. The summed E-state index contributed by atoms with van der Waals surface area (Å²) in [6, 6.07) is 4.42. The van der Waals surface area contributed by atoms with Gasteiger partial charge in [0.15, 0.2) is 11.6 Å². The molecule has 4 aromatic rings. The second-order valence-corrected chi connectivity index (χ2v) is 7.30. The van der Waals surface area contributed by atoms with Gasteiger partial charge in [0.25, 0.3) is 0 Å². The van der Waals surface area contributed by atoms with Gasteiger partial charge in [0.1, 0.15) is 29.1 Å². The lowest BCUT2D eigenvalue weighted by Gasteiger charge is -2.27. The Morgan fingerprint density at radius 1 is 1.10 bits per heavy atom. The molecular formula is C21H16F3N5O. The number of hydrogen-bond acceptors (Lipinski definition) is 4. The van der Waals surface area contributed by atoms with Crippen molar-refractivity contribution in [2.45, 2.75) is 19.3 Å². The Balaban J connectivity index is 1.73. The maximum Gasteiger partial charge on any atom is 0.306 e. The second kappa shape index (κ2) is 6.72. The van der Waals surface area contributed by atoms with Gasteiger partial charge in [0.2, 0.25) is 0 Å². The molecule has 152 valence electrons. The van der Waals surface area contributed by atoms with Gasteiger partial charge in [0, 0.05) is 35.5 Å². The van der Waals surface area contributed by atoms with E-state index in [0.717, 1.165) is 25.3 Å². The van der Waals surface area contributed by atoms with Crippen molar-refractivity contribution in [1.82, 2.24) is 14.0 Å². The average molecular weight is 411 g/mol. The molecule has 2 N–H and O–H groups in total. The van der Waals surface area contributed by atoms with Crippen LogP contribution in [0.2, 0.25) is 0 Å². The summed E-state index contributed by atoms with van der Waals surface area (Å²) in [6.07, 6.45) is 7.45. The molecule has 0 atom stereocenters. The minimum Gasteiger partial charge on any atom is -0.432 e. The van der Waals surface area contributed by atoms with Crippen LogP contribution < -0.4 is 5.49 Å². The molecular weight excluding hydrogens is 395 g/mol. The van der Waals surface area contributed by atoms with Gasteiger partial charge < -0.3 is 4.42 Å². The van der Waals surface area contributed by atoms with Crippen molar-refractivity contribution in [3.8, 4) is 22.5 Å². The van der Waals surface area contributed by atoms with Crippen molar-refractivity contribution in [2.24, 2.45) is 5.92 Å². The maximum absolute atomic E-state index is 14.5. The number of hydrogen-bond donors (Lipinski definition) is 2. The van der Waals surface area contributed by atoms with Crippen LogP contribution >= 0.6 is 0 Å². The Kier molecular flexibility index (Phi) is 4.12. The summed E-state index contributed by atoms with van der Waals surface area (Å²) in [5.41, 5.74) is 0.926. The Morgan fingerprint density at radius 2 is 1.87 bits per heavy atom. The summed E-state index contributed by atoms with van der Waals surface area (Å²) in [5.74, 6) is -2.86. The van der Waals surface area contributed by atoms with Crippen molar-refractivity contribution >= 4 is 11.7 Å². The van der Waals surface area contributed by atoms with E-state index in [-0.39, 0.29) is 28.5 Å². The summed E-state index contributed by atoms with van der Waals surface area (Å²) < 4.78 is 50.2. The molecule has 0 radical (unpaired) electrons. The number of benzene rings is 1. The zero-order valence-corrected chi connectivity index (χ0v) is 15.6. The normalized spacial score (nSPS) is 14.2. The number of pyridine rings is 1. The van der Waals surface area contributed by atoms with Gasteiger partial charge in [-0.1, -0.05) is 6.42 Å². The van der Waals surface area contributed by atoms with Crippen LogP contribution in [0.5, 0.6) is 0 Å². The van der Waals surface area contributed by atoms with Crippen LogP contribution in [-0.2, 0) is 0 Å². The SMILES string of the molecule is N=C(C1CCC1)n1cc(-c2c(-c3cc(F)c(F)cc3F)nc3occn23)ccc1=N. The quantitative estimate of drug-likeness (QED) is 0.294. The lowest BCUT2D eigenvalue weighted by molar-refractivity contribution is 0.403. The van der Waals surface area contributed by atoms with E-state index in [0.29, 0.717) is 23.2 Å². The van der Waals surface area contributed by atoms with Crippen molar-refractivity contribution in [2.75, 3.05) is 0 Å². The molecule has 1 saturated carbocycles. The first-order chi connectivity index (χ1) is 14.4. The first-order valence-electron chi connectivity index (χ1n) is 9.41. The van der Waals surface area contributed by atoms with Gasteiger partial charge in [-0.2, -0.15) is 4.98 Å². The largest absolute Gasteiger partial charge is 0.432 e. The predicted octanol–water partition coefficient (Wildman–Crippen LogP) is 4.59. The highest BCUT2D eigenvalue weighted by molar-refractivity contribution is 5.86. The topological polar surface area (TPSA) is 83.1 Å². The molecule has 9 heteroatoms. The Morgan fingerprint density at radius 3 is 2.60 bits per heavy atom. The van der Waals surface area contributed by atoms with E-state index < -0.39 is 17.5 Å². The highest BCUT2D eigenvalue weighted by atomic mass is 19.2. The van der Waals surface area contributed by atoms with Gasteiger partial charge in [0.05, 0.1) is 5.69 Å². The molecule has 1 aliphatic rings. The number of imidazole rings is 1. The van der Waals surface area contributed by atoms with E-state index in [4.69, 9.17) is 15.2 Å². The molecule has 0 aliphatic heterocycles. The smallest absolute Gasteiger partial charge is 0.306 e. The molecule has 30 heavy (non-hydrogen) atoms. The standard InChI is InChI=1S/C21H16F3N5O/c22-14-9-16(24)15(23)8-13(14)18-19(28-6-7-30-21(28)27-18)12-4-5-17(25)29(10-12)20(26)11-2-1-3-11/h4-11,25-26H,1-3H2. The lowest BCUT2D eigenvalue weighted by atomic mass is 9.84. The van der Waals surface area contributed by atoms with Crippen LogP contribution in [0.1, 0.15) is 19.3 Å². The number of rotatable bonds is 3. The monoisotopic (exact) mass is 411 g/mol. The molecule has 0 unspecified atom stereocenters. The van der Waals surface area contributed by atoms with Crippen LogP contribution in [-0.4, -0.2) is 19.8 Å². The molecule has 0 bridgehead atoms. The molecule has 3 heterocycles. The Hall–Kier alpha value is -3.62. The van der Waals surface area contributed by atoms with Gasteiger partial charge in [-0.3, -0.25) is 19.8 Å². The van der Waals surface area contributed by atoms with Crippen molar-refractivity contribution in [3.63, 3.8) is 0 Å². The van der Waals surface area contributed by atoms with E-state index in [1.54, 1.807) is 22.9 Å². The fraction of sp³-hybridized carbons (Fsp3) is 0.190. The number of oxazole rings is 1. The number of nitrogens with one attached hydrogen (secondary N) is 2. The molecule has 1 fully saturated rings. The first kappa shape index (κ1) is 18.4. The lowest BCUT2D eigenvalue weighted by Crippen LogP contribution is -2.34. The first-order valence-corrected chi connectivity index (χ1v) is 9.41. The summed E-state index contributed by atoms with van der Waals surface area (Å²) in [4.78, 5) is 4.27. The molecule has 3 aromatic heterocycles. The number of nitrogens with zero attached hydrogens (tertiary/aromatic N) is 3. The third-order valence-electron chi connectivity index (χ3n) is 5.50. The van der Waals surface area contributed by atoms with Gasteiger partial charge >= 0.3 is 5.84 Å². The minimum atomic E-state index is -1.29. The van der Waals surface area contributed by atoms with E-state index in [1.807, 2.05) is 0 Å². The highest BCUT2D eigenvalue weighted by Gasteiger charge is 2.25. The van der Waals surface area contributed by atoms with Crippen LogP contribution in [0.25, 0.3) is 28.4 Å². The molecule has 0 saturated heterocycles. The molecule has 0 spiro atoms. The fourth-order valence-corrected chi connectivity index (χ4v) is 3.67. The molecule has 5 rings (SSSR count). The van der Waals surface area contributed by atoms with Crippen LogP contribution in [0.3, 0.4) is 0 Å². The maximum atomic E-state index is 14.5. The summed E-state index contributed by atoms with van der Waals surface area (Å²) in [6.45, 7) is 0. The molecule has 1 aromatic carbocycles. The average Bonchev–Trinajstić information content (AvgIpc) is 3.25. The van der Waals surface area contributed by atoms with Crippen LogP contribution in [0, 0.1) is 34.2 Å². The zero-order chi connectivity index (χ0) is 21.0. The van der Waals surface area contributed by atoms with Gasteiger partial charge in [-0.05, 0) is 31.0 Å². The second-order valence-electron chi connectivity index (χ2n) is 7.30. The van der Waals surface area contributed by atoms with Crippen molar-refractivity contribution < 1.29 is 17.6 Å². The Labute approximate surface area is 168 Å². The summed E-state index contributed by atoms with van der Waals surface area (Å²) >= 11 is 0. The summed E-state index contributed by atoms with van der Waals surface area (Å²) in [7, 11) is 0. The molecule has 0 amide bonds. The van der Waals surface area contributed by atoms with Crippen molar-refractivity contribution in [1.29, 1.82) is 10.8 Å². The number of aromatic nitrogens is 3.